The lowest BCUT2D eigenvalue weighted by Gasteiger charge is -2.31. The number of hydrogen-bond acceptors (Lipinski definition) is 4. The van der Waals surface area contributed by atoms with E-state index in [0.29, 0.717) is 18.0 Å². The van der Waals surface area contributed by atoms with Crippen molar-refractivity contribution < 1.29 is 19.4 Å². The summed E-state index contributed by atoms with van der Waals surface area (Å²) in [4.78, 5) is 11.1. The summed E-state index contributed by atoms with van der Waals surface area (Å²) >= 11 is 0. The Bertz CT molecular complexity index is 447. The molecule has 0 heterocycles. The van der Waals surface area contributed by atoms with E-state index in [1.807, 2.05) is 19.9 Å². The second kappa shape index (κ2) is 6.43. The summed E-state index contributed by atoms with van der Waals surface area (Å²) < 4.78 is 10.5. The van der Waals surface area contributed by atoms with Crippen molar-refractivity contribution >= 4 is 5.97 Å². The SMILES string of the molecule is CCNC(C)(CC(=O)O)c1cc(OC)ccc1OC. The van der Waals surface area contributed by atoms with Crippen LogP contribution in [0.2, 0.25) is 0 Å². The molecule has 0 aliphatic carbocycles. The molecule has 0 bridgehead atoms. The second-order valence-corrected chi connectivity index (χ2v) is 4.50. The average Bonchev–Trinajstić information content (AvgIpc) is 2.37. The molecule has 0 aliphatic rings. The van der Waals surface area contributed by atoms with Crippen molar-refractivity contribution in [2.75, 3.05) is 20.8 Å². The van der Waals surface area contributed by atoms with Crippen molar-refractivity contribution in [3.05, 3.63) is 23.8 Å². The first-order valence-corrected chi connectivity index (χ1v) is 6.16. The van der Waals surface area contributed by atoms with Crippen LogP contribution in [-0.2, 0) is 10.3 Å². The fourth-order valence-electron chi connectivity index (χ4n) is 2.19. The normalized spacial score (nSPS) is 13.7. The Balaban J connectivity index is 3.30. The molecule has 0 saturated heterocycles. The lowest BCUT2D eigenvalue weighted by Crippen LogP contribution is -2.41. The molecule has 0 aromatic heterocycles. The van der Waals surface area contributed by atoms with Crippen molar-refractivity contribution in [1.82, 2.24) is 5.32 Å². The molecule has 1 atom stereocenters. The van der Waals surface area contributed by atoms with Gasteiger partial charge in [0.05, 0.1) is 26.2 Å². The molecule has 1 aromatic carbocycles. The lowest BCUT2D eigenvalue weighted by atomic mass is 9.87. The van der Waals surface area contributed by atoms with Crippen LogP contribution in [0.5, 0.6) is 11.5 Å². The maximum atomic E-state index is 11.1. The summed E-state index contributed by atoms with van der Waals surface area (Å²) in [6.45, 7) is 4.44. The van der Waals surface area contributed by atoms with Gasteiger partial charge in [-0.2, -0.15) is 0 Å². The summed E-state index contributed by atoms with van der Waals surface area (Å²) in [6, 6.07) is 5.38. The number of carboxylic acids is 1. The van der Waals surface area contributed by atoms with E-state index in [1.165, 1.54) is 0 Å². The Kier molecular flexibility index (Phi) is 5.18. The zero-order chi connectivity index (χ0) is 14.5. The minimum atomic E-state index is -0.867. The molecule has 0 aliphatic heterocycles. The zero-order valence-corrected chi connectivity index (χ0v) is 11.8. The highest BCUT2D eigenvalue weighted by Crippen LogP contribution is 2.35. The van der Waals surface area contributed by atoms with Gasteiger partial charge in [-0.1, -0.05) is 6.92 Å². The van der Waals surface area contributed by atoms with E-state index in [4.69, 9.17) is 14.6 Å². The quantitative estimate of drug-likeness (QED) is 0.791. The van der Waals surface area contributed by atoms with Crippen molar-refractivity contribution in [2.24, 2.45) is 0 Å². The Hall–Kier alpha value is -1.75. The van der Waals surface area contributed by atoms with Crippen LogP contribution in [0.15, 0.2) is 18.2 Å². The number of rotatable bonds is 7. The average molecular weight is 267 g/mol. The van der Waals surface area contributed by atoms with Crippen LogP contribution in [-0.4, -0.2) is 31.8 Å². The molecule has 0 radical (unpaired) electrons. The molecule has 5 nitrogen and oxygen atoms in total. The first-order chi connectivity index (χ1) is 8.96. The molecule has 2 N–H and O–H groups in total. The minimum absolute atomic E-state index is 0.0373. The predicted molar refractivity (Wildman–Crippen MR) is 72.8 cm³/mol. The van der Waals surface area contributed by atoms with Gasteiger partial charge in [0.25, 0.3) is 0 Å². The van der Waals surface area contributed by atoms with Gasteiger partial charge < -0.3 is 19.9 Å². The Morgan fingerprint density at radius 3 is 2.53 bits per heavy atom. The van der Waals surface area contributed by atoms with Crippen molar-refractivity contribution in [3.63, 3.8) is 0 Å². The molecule has 1 rings (SSSR count). The topological polar surface area (TPSA) is 67.8 Å². The van der Waals surface area contributed by atoms with E-state index in [1.54, 1.807) is 26.4 Å². The molecular weight excluding hydrogens is 246 g/mol. The van der Waals surface area contributed by atoms with Crippen LogP contribution in [0, 0.1) is 0 Å². The predicted octanol–water partition coefficient (Wildman–Crippen LogP) is 2.00. The lowest BCUT2D eigenvalue weighted by molar-refractivity contribution is -0.138. The van der Waals surface area contributed by atoms with E-state index >= 15 is 0 Å². The number of hydrogen-bond donors (Lipinski definition) is 2. The number of carbonyl (C=O) groups is 1. The van der Waals surface area contributed by atoms with Gasteiger partial charge >= 0.3 is 5.97 Å². The number of carboxylic acid groups (broad SMARTS) is 1. The van der Waals surface area contributed by atoms with Gasteiger partial charge in [-0.25, -0.2) is 0 Å². The van der Waals surface area contributed by atoms with Crippen LogP contribution < -0.4 is 14.8 Å². The van der Waals surface area contributed by atoms with Crippen LogP contribution in [0.1, 0.15) is 25.8 Å². The van der Waals surface area contributed by atoms with Crippen LogP contribution >= 0.6 is 0 Å². The summed E-state index contributed by atoms with van der Waals surface area (Å²) in [7, 11) is 3.14. The molecule has 1 aromatic rings. The first kappa shape index (κ1) is 15.3. The molecule has 0 fully saturated rings. The van der Waals surface area contributed by atoms with E-state index in [-0.39, 0.29) is 6.42 Å². The van der Waals surface area contributed by atoms with Crippen molar-refractivity contribution in [2.45, 2.75) is 25.8 Å². The maximum absolute atomic E-state index is 11.1. The first-order valence-electron chi connectivity index (χ1n) is 6.16. The van der Waals surface area contributed by atoms with Crippen molar-refractivity contribution in [3.8, 4) is 11.5 Å². The summed E-state index contributed by atoms with van der Waals surface area (Å²) in [6.07, 6.45) is -0.0373. The molecule has 0 spiro atoms. The Morgan fingerprint density at radius 1 is 1.37 bits per heavy atom. The number of nitrogens with one attached hydrogen (secondary N) is 1. The maximum Gasteiger partial charge on any atom is 0.305 e. The molecule has 0 amide bonds. The van der Waals surface area contributed by atoms with Crippen LogP contribution in [0.3, 0.4) is 0 Å². The molecule has 5 heteroatoms. The van der Waals surface area contributed by atoms with E-state index in [0.717, 1.165) is 5.56 Å². The highest BCUT2D eigenvalue weighted by molar-refractivity contribution is 5.69. The highest BCUT2D eigenvalue weighted by Gasteiger charge is 2.32. The van der Waals surface area contributed by atoms with Crippen molar-refractivity contribution in [1.29, 1.82) is 0 Å². The fraction of sp³-hybridized carbons (Fsp3) is 0.500. The molecule has 106 valence electrons. The van der Waals surface area contributed by atoms with Gasteiger partial charge in [-0.3, -0.25) is 4.79 Å². The Labute approximate surface area is 113 Å². The number of ether oxygens (including phenoxy) is 2. The summed E-state index contributed by atoms with van der Waals surface area (Å²) in [5.41, 5.74) is 0.0686. The van der Waals surface area contributed by atoms with Gasteiger partial charge in [0.1, 0.15) is 11.5 Å². The number of methoxy groups -OCH3 is 2. The summed E-state index contributed by atoms with van der Waals surface area (Å²) in [5, 5.41) is 12.3. The third-order valence-electron chi connectivity index (χ3n) is 3.07. The van der Waals surface area contributed by atoms with Crippen LogP contribution in [0.4, 0.5) is 0 Å². The fourth-order valence-corrected chi connectivity index (χ4v) is 2.19. The van der Waals surface area contributed by atoms with Crippen LogP contribution in [0.25, 0.3) is 0 Å². The second-order valence-electron chi connectivity index (χ2n) is 4.50. The monoisotopic (exact) mass is 267 g/mol. The van der Waals surface area contributed by atoms with Gasteiger partial charge in [0.15, 0.2) is 0 Å². The standard InChI is InChI=1S/C14H21NO4/c1-5-15-14(2,9-13(16)17)11-8-10(18-3)6-7-12(11)19-4/h6-8,15H,5,9H2,1-4H3,(H,16,17). The molecular formula is C14H21NO4. The third-order valence-corrected chi connectivity index (χ3v) is 3.07. The van der Waals surface area contributed by atoms with Gasteiger partial charge in [0.2, 0.25) is 0 Å². The molecule has 1 unspecified atom stereocenters. The zero-order valence-electron chi connectivity index (χ0n) is 11.8. The minimum Gasteiger partial charge on any atom is -0.497 e. The highest BCUT2D eigenvalue weighted by atomic mass is 16.5. The van der Waals surface area contributed by atoms with Gasteiger partial charge in [-0.05, 0) is 31.7 Å². The largest absolute Gasteiger partial charge is 0.497 e. The van der Waals surface area contributed by atoms with E-state index < -0.39 is 11.5 Å². The van der Waals surface area contributed by atoms with E-state index in [9.17, 15) is 4.79 Å². The smallest absolute Gasteiger partial charge is 0.305 e. The summed E-state index contributed by atoms with van der Waals surface area (Å²) in [5.74, 6) is 0.448. The molecule has 0 saturated carbocycles. The van der Waals surface area contributed by atoms with Gasteiger partial charge in [-0.15, -0.1) is 0 Å². The molecule has 19 heavy (non-hydrogen) atoms. The number of benzene rings is 1. The van der Waals surface area contributed by atoms with E-state index in [2.05, 4.69) is 5.32 Å². The van der Waals surface area contributed by atoms with Gasteiger partial charge in [0, 0.05) is 5.56 Å². The number of aliphatic carboxylic acids is 1. The third kappa shape index (κ3) is 3.61. The Morgan fingerprint density at radius 2 is 2.05 bits per heavy atom.